The molecule has 0 aromatic carbocycles. The van der Waals surface area contributed by atoms with Crippen molar-refractivity contribution in [2.24, 2.45) is 5.41 Å². The molecule has 0 radical (unpaired) electrons. The Kier molecular flexibility index (Phi) is 4.12. The van der Waals surface area contributed by atoms with Crippen LogP contribution in [0.3, 0.4) is 0 Å². The van der Waals surface area contributed by atoms with E-state index in [1.165, 1.54) is 0 Å². The van der Waals surface area contributed by atoms with Crippen molar-refractivity contribution < 1.29 is 14.3 Å². The van der Waals surface area contributed by atoms with Crippen LogP contribution in [0.15, 0.2) is 0 Å². The number of ether oxygens (including phenoxy) is 1. The van der Waals surface area contributed by atoms with E-state index >= 15 is 0 Å². The molecule has 20 heavy (non-hydrogen) atoms. The molecular weight excluding hydrogens is 254 g/mol. The summed E-state index contributed by atoms with van der Waals surface area (Å²) in [5.41, 5.74) is -0.158. The Morgan fingerprint density at radius 3 is 2.35 bits per heavy atom. The zero-order chi connectivity index (χ0) is 15.0. The van der Waals surface area contributed by atoms with Crippen molar-refractivity contribution >= 4 is 11.9 Å². The lowest BCUT2D eigenvalue weighted by Crippen LogP contribution is -2.50. The highest BCUT2D eigenvalue weighted by atomic mass is 16.6. The number of hydrogen-bond donors (Lipinski definition) is 0. The van der Waals surface area contributed by atoms with E-state index in [2.05, 4.69) is 6.92 Å². The number of hydrogen-bond acceptors (Lipinski definition) is 3. The van der Waals surface area contributed by atoms with Gasteiger partial charge in [-0.15, -0.1) is 0 Å². The molecular formula is C16H27NO3. The molecule has 1 saturated carbocycles. The van der Waals surface area contributed by atoms with Gasteiger partial charge in [0.2, 0.25) is 0 Å². The lowest BCUT2D eigenvalue weighted by atomic mass is 9.66. The topological polar surface area (TPSA) is 46.6 Å². The lowest BCUT2D eigenvalue weighted by Gasteiger charge is -2.47. The first-order chi connectivity index (χ1) is 9.21. The molecule has 1 aliphatic heterocycles. The number of likely N-dealkylation sites (tertiary alicyclic amines) is 1. The molecule has 1 unspecified atom stereocenters. The Balaban J connectivity index is 1.95. The van der Waals surface area contributed by atoms with Crippen LogP contribution in [0.2, 0.25) is 0 Å². The molecule has 2 aliphatic rings. The molecule has 0 aromatic heterocycles. The number of amides is 1. The quantitative estimate of drug-likeness (QED) is 0.682. The lowest BCUT2D eigenvalue weighted by molar-refractivity contribution is -0.123. The fourth-order valence-electron chi connectivity index (χ4n) is 3.52. The van der Waals surface area contributed by atoms with Crippen LogP contribution < -0.4 is 0 Å². The molecule has 114 valence electrons. The molecule has 4 nitrogen and oxygen atoms in total. The minimum Gasteiger partial charge on any atom is -0.444 e. The maximum atomic E-state index is 12.2. The number of piperidine rings is 1. The Morgan fingerprint density at radius 1 is 1.25 bits per heavy atom. The minimum absolute atomic E-state index is 0.201. The minimum atomic E-state index is -0.441. The first kappa shape index (κ1) is 15.3. The molecule has 1 aliphatic carbocycles. The van der Waals surface area contributed by atoms with Crippen LogP contribution in [0.1, 0.15) is 66.2 Å². The maximum absolute atomic E-state index is 12.2. The van der Waals surface area contributed by atoms with Crippen LogP contribution in [0.25, 0.3) is 0 Å². The summed E-state index contributed by atoms with van der Waals surface area (Å²) in [6, 6.07) is 0.201. The largest absolute Gasteiger partial charge is 0.444 e. The Bertz CT molecular complexity index is 387. The maximum Gasteiger partial charge on any atom is 0.410 e. The summed E-state index contributed by atoms with van der Waals surface area (Å²) in [6.45, 7) is 8.54. The van der Waals surface area contributed by atoms with Gasteiger partial charge in [-0.05, 0) is 58.8 Å². The second-order valence-electron chi connectivity index (χ2n) is 7.52. The monoisotopic (exact) mass is 281 g/mol. The van der Waals surface area contributed by atoms with Gasteiger partial charge in [0.25, 0.3) is 0 Å². The average molecular weight is 281 g/mol. The normalized spacial score (nSPS) is 26.7. The second-order valence-corrected chi connectivity index (χ2v) is 7.52. The van der Waals surface area contributed by atoms with E-state index in [4.69, 9.17) is 4.74 Å². The van der Waals surface area contributed by atoms with Crippen molar-refractivity contribution in [1.82, 2.24) is 4.90 Å². The van der Waals surface area contributed by atoms with Gasteiger partial charge in [-0.25, -0.2) is 4.79 Å². The van der Waals surface area contributed by atoms with Gasteiger partial charge in [0.1, 0.15) is 11.4 Å². The number of carbonyl (C=O) groups excluding carboxylic acids is 2. The standard InChI is InChI=1S/C16H27NO3/c1-12-11-16(7-5-13(18)6-8-16)9-10-17(12)14(19)20-15(2,3)4/h12H,5-11H2,1-4H3. The first-order valence-corrected chi connectivity index (χ1v) is 7.72. The predicted octanol–water partition coefficient (Wildman–Crippen LogP) is 3.54. The van der Waals surface area contributed by atoms with E-state index in [0.717, 1.165) is 45.1 Å². The van der Waals surface area contributed by atoms with Gasteiger partial charge in [-0.2, -0.15) is 0 Å². The van der Waals surface area contributed by atoms with Gasteiger partial charge in [0.15, 0.2) is 0 Å². The van der Waals surface area contributed by atoms with Crippen molar-refractivity contribution in [1.29, 1.82) is 0 Å². The van der Waals surface area contributed by atoms with E-state index in [1.54, 1.807) is 0 Å². The molecule has 2 fully saturated rings. The molecule has 2 rings (SSSR count). The first-order valence-electron chi connectivity index (χ1n) is 7.72. The molecule has 1 spiro atoms. The van der Waals surface area contributed by atoms with Crippen molar-refractivity contribution in [3.8, 4) is 0 Å². The van der Waals surface area contributed by atoms with Crippen LogP contribution in [0, 0.1) is 5.41 Å². The molecule has 4 heteroatoms. The average Bonchev–Trinajstić information content (AvgIpc) is 2.31. The van der Waals surface area contributed by atoms with Crippen LogP contribution >= 0.6 is 0 Å². The highest BCUT2D eigenvalue weighted by Gasteiger charge is 2.42. The number of ketones is 1. The van der Waals surface area contributed by atoms with Crippen LogP contribution in [-0.4, -0.2) is 35.0 Å². The van der Waals surface area contributed by atoms with Crippen molar-refractivity contribution in [3.63, 3.8) is 0 Å². The van der Waals surface area contributed by atoms with E-state index in [0.29, 0.717) is 5.78 Å². The molecule has 0 N–H and O–H groups in total. The fourth-order valence-corrected chi connectivity index (χ4v) is 3.52. The second kappa shape index (κ2) is 5.38. The smallest absolute Gasteiger partial charge is 0.410 e. The van der Waals surface area contributed by atoms with E-state index in [1.807, 2.05) is 25.7 Å². The van der Waals surface area contributed by atoms with Gasteiger partial charge < -0.3 is 9.64 Å². The molecule has 1 atom stereocenters. The van der Waals surface area contributed by atoms with E-state index < -0.39 is 5.60 Å². The summed E-state index contributed by atoms with van der Waals surface area (Å²) in [6.07, 6.45) is 5.24. The summed E-state index contributed by atoms with van der Waals surface area (Å²) in [5, 5.41) is 0. The predicted molar refractivity (Wildman–Crippen MR) is 77.5 cm³/mol. The summed E-state index contributed by atoms with van der Waals surface area (Å²) in [5.74, 6) is 0.401. The Labute approximate surface area is 121 Å². The summed E-state index contributed by atoms with van der Waals surface area (Å²) in [4.78, 5) is 25.5. The molecule has 1 heterocycles. The molecule has 0 aromatic rings. The third-order valence-corrected chi connectivity index (χ3v) is 4.64. The number of carbonyl (C=O) groups is 2. The van der Waals surface area contributed by atoms with E-state index in [9.17, 15) is 9.59 Å². The number of rotatable bonds is 0. The van der Waals surface area contributed by atoms with Crippen molar-refractivity contribution in [3.05, 3.63) is 0 Å². The van der Waals surface area contributed by atoms with Crippen LogP contribution in [-0.2, 0) is 9.53 Å². The van der Waals surface area contributed by atoms with Gasteiger partial charge in [-0.1, -0.05) is 0 Å². The van der Waals surface area contributed by atoms with Gasteiger partial charge in [0, 0.05) is 25.4 Å². The summed E-state index contributed by atoms with van der Waals surface area (Å²) >= 11 is 0. The third kappa shape index (κ3) is 3.53. The van der Waals surface area contributed by atoms with Crippen molar-refractivity contribution in [2.75, 3.05) is 6.54 Å². The summed E-state index contributed by atoms with van der Waals surface area (Å²) in [7, 11) is 0. The Morgan fingerprint density at radius 2 is 1.85 bits per heavy atom. The fraction of sp³-hybridized carbons (Fsp3) is 0.875. The summed E-state index contributed by atoms with van der Waals surface area (Å²) < 4.78 is 5.47. The highest BCUT2D eigenvalue weighted by Crippen LogP contribution is 2.45. The SMILES string of the molecule is CC1CC2(CCC(=O)CC2)CCN1C(=O)OC(C)(C)C. The van der Waals surface area contributed by atoms with Crippen LogP contribution in [0.4, 0.5) is 4.79 Å². The van der Waals surface area contributed by atoms with Gasteiger partial charge in [0.05, 0.1) is 0 Å². The highest BCUT2D eigenvalue weighted by molar-refractivity contribution is 5.79. The molecule has 1 amide bonds. The van der Waals surface area contributed by atoms with Crippen LogP contribution in [0.5, 0.6) is 0 Å². The third-order valence-electron chi connectivity index (χ3n) is 4.64. The van der Waals surface area contributed by atoms with Gasteiger partial charge in [-0.3, -0.25) is 4.79 Å². The number of nitrogens with zero attached hydrogens (tertiary/aromatic N) is 1. The number of Topliss-reactive ketones (excluding diaryl/α,β-unsaturated/α-hetero) is 1. The van der Waals surface area contributed by atoms with Gasteiger partial charge >= 0.3 is 6.09 Å². The zero-order valence-electron chi connectivity index (χ0n) is 13.2. The Hall–Kier alpha value is -1.06. The van der Waals surface area contributed by atoms with E-state index in [-0.39, 0.29) is 17.6 Å². The molecule has 1 saturated heterocycles. The molecule has 0 bridgehead atoms. The van der Waals surface area contributed by atoms with Crippen molar-refractivity contribution in [2.45, 2.75) is 77.9 Å². The zero-order valence-corrected chi connectivity index (χ0v) is 13.2.